The summed E-state index contributed by atoms with van der Waals surface area (Å²) in [5, 5.41) is 9.21. The molecule has 4 bridgehead atoms. The molecule has 0 amide bonds. The summed E-state index contributed by atoms with van der Waals surface area (Å²) in [4.78, 5) is 11.2. The van der Waals surface area contributed by atoms with Crippen molar-refractivity contribution in [2.75, 3.05) is 0 Å². The maximum absolute atomic E-state index is 11.2. The third-order valence-electron chi connectivity index (χ3n) is 5.22. The number of allylic oxidation sites excluding steroid dienone is 1. The Morgan fingerprint density at radius 3 is 2.00 bits per heavy atom. The average Bonchev–Trinajstić information content (AvgIpc) is 2.23. The van der Waals surface area contributed by atoms with Crippen molar-refractivity contribution in [3.05, 3.63) is 11.6 Å². The molecule has 0 aliphatic heterocycles. The molecule has 94 valence electrons. The van der Waals surface area contributed by atoms with E-state index in [9.17, 15) is 9.90 Å². The molecule has 0 aromatic heterocycles. The summed E-state index contributed by atoms with van der Waals surface area (Å²) >= 11 is 0. The van der Waals surface area contributed by atoms with Gasteiger partial charge in [-0.2, -0.15) is 0 Å². The number of hydrogen-bond acceptors (Lipinski definition) is 1. The van der Waals surface area contributed by atoms with Crippen LogP contribution in [0.5, 0.6) is 0 Å². The fourth-order valence-corrected chi connectivity index (χ4v) is 5.04. The predicted molar refractivity (Wildman–Crippen MR) is 66.6 cm³/mol. The second kappa shape index (κ2) is 3.86. The van der Waals surface area contributed by atoms with Crippen LogP contribution in [-0.4, -0.2) is 11.1 Å². The molecule has 2 nitrogen and oxygen atoms in total. The van der Waals surface area contributed by atoms with Crippen molar-refractivity contribution in [3.63, 3.8) is 0 Å². The number of carboxylic acids is 1. The second-order valence-electron chi connectivity index (χ2n) is 6.61. The molecule has 4 aliphatic carbocycles. The Balaban J connectivity index is 1.89. The van der Waals surface area contributed by atoms with E-state index in [1.54, 1.807) is 0 Å². The molecular weight excluding hydrogens is 212 g/mol. The molecule has 0 saturated heterocycles. The number of carbonyl (C=O) groups is 1. The van der Waals surface area contributed by atoms with Gasteiger partial charge in [0.15, 0.2) is 0 Å². The summed E-state index contributed by atoms with van der Waals surface area (Å²) in [6.45, 7) is 1.96. The minimum atomic E-state index is -0.705. The van der Waals surface area contributed by atoms with E-state index in [0.29, 0.717) is 12.0 Å². The highest BCUT2D eigenvalue weighted by atomic mass is 16.4. The first kappa shape index (κ1) is 11.3. The molecule has 0 aromatic rings. The third-order valence-corrected chi connectivity index (χ3v) is 5.22. The monoisotopic (exact) mass is 234 g/mol. The van der Waals surface area contributed by atoms with Gasteiger partial charge in [-0.3, -0.25) is 0 Å². The van der Waals surface area contributed by atoms with Crippen molar-refractivity contribution in [1.29, 1.82) is 0 Å². The van der Waals surface area contributed by atoms with E-state index in [1.807, 2.05) is 6.92 Å². The van der Waals surface area contributed by atoms with Crippen LogP contribution in [0.15, 0.2) is 11.6 Å². The van der Waals surface area contributed by atoms with Crippen LogP contribution in [-0.2, 0) is 4.79 Å². The molecular formula is C15H22O2. The van der Waals surface area contributed by atoms with Crippen LogP contribution in [0.1, 0.15) is 51.9 Å². The van der Waals surface area contributed by atoms with Crippen LogP contribution in [0.2, 0.25) is 0 Å². The highest BCUT2D eigenvalue weighted by Gasteiger charge is 2.49. The second-order valence-corrected chi connectivity index (χ2v) is 6.61. The van der Waals surface area contributed by atoms with Gasteiger partial charge in [-0.25, -0.2) is 4.79 Å². The lowest BCUT2D eigenvalue weighted by Crippen LogP contribution is -2.45. The summed E-state index contributed by atoms with van der Waals surface area (Å²) in [6.07, 6.45) is 10.9. The van der Waals surface area contributed by atoms with Crippen molar-refractivity contribution < 1.29 is 9.90 Å². The van der Waals surface area contributed by atoms with E-state index in [2.05, 4.69) is 6.08 Å². The van der Waals surface area contributed by atoms with E-state index in [1.165, 1.54) is 38.5 Å². The van der Waals surface area contributed by atoms with Gasteiger partial charge in [0.05, 0.1) is 0 Å². The molecule has 2 heteroatoms. The van der Waals surface area contributed by atoms with Gasteiger partial charge >= 0.3 is 5.97 Å². The van der Waals surface area contributed by atoms with Gasteiger partial charge in [0.1, 0.15) is 0 Å². The zero-order valence-electron chi connectivity index (χ0n) is 10.6. The topological polar surface area (TPSA) is 37.3 Å². The van der Waals surface area contributed by atoms with Gasteiger partial charge in [-0.1, -0.05) is 13.0 Å². The van der Waals surface area contributed by atoms with E-state index in [4.69, 9.17) is 0 Å². The van der Waals surface area contributed by atoms with E-state index in [0.717, 1.165) is 17.8 Å². The maximum Gasteiger partial charge on any atom is 0.331 e. The Morgan fingerprint density at radius 1 is 1.18 bits per heavy atom. The average molecular weight is 234 g/mol. The highest BCUT2D eigenvalue weighted by Crippen LogP contribution is 2.60. The molecule has 0 radical (unpaired) electrons. The van der Waals surface area contributed by atoms with E-state index in [-0.39, 0.29) is 5.41 Å². The van der Waals surface area contributed by atoms with Crippen molar-refractivity contribution in [3.8, 4) is 0 Å². The molecule has 4 rings (SSSR count). The molecule has 17 heavy (non-hydrogen) atoms. The molecule has 0 heterocycles. The number of hydrogen-bond donors (Lipinski definition) is 1. The number of aliphatic carboxylic acids is 1. The summed E-state index contributed by atoms with van der Waals surface area (Å²) in [5.74, 6) is 1.97. The van der Waals surface area contributed by atoms with E-state index < -0.39 is 5.97 Å². The van der Waals surface area contributed by atoms with Gasteiger partial charge in [0.25, 0.3) is 0 Å². The fourth-order valence-electron chi connectivity index (χ4n) is 5.04. The SMILES string of the molecule is CC/C(=C/C12CC3CC(CC(C3)C1)C2)C(=O)O. The van der Waals surface area contributed by atoms with Gasteiger partial charge in [-0.15, -0.1) is 0 Å². The third kappa shape index (κ3) is 1.92. The molecule has 0 unspecified atom stereocenters. The van der Waals surface area contributed by atoms with Crippen molar-refractivity contribution in [2.24, 2.45) is 23.2 Å². The Hall–Kier alpha value is -0.790. The van der Waals surface area contributed by atoms with Crippen LogP contribution in [0.3, 0.4) is 0 Å². The first-order valence-electron chi connectivity index (χ1n) is 7.05. The largest absolute Gasteiger partial charge is 0.478 e. The zero-order valence-corrected chi connectivity index (χ0v) is 10.6. The lowest BCUT2D eigenvalue weighted by molar-refractivity contribution is -0.133. The number of rotatable bonds is 3. The van der Waals surface area contributed by atoms with Crippen molar-refractivity contribution in [2.45, 2.75) is 51.9 Å². The quantitative estimate of drug-likeness (QED) is 0.757. The van der Waals surface area contributed by atoms with Crippen LogP contribution in [0.25, 0.3) is 0 Å². The van der Waals surface area contributed by atoms with Gasteiger partial charge < -0.3 is 5.11 Å². The summed E-state index contributed by atoms with van der Waals surface area (Å²) in [6, 6.07) is 0. The minimum absolute atomic E-state index is 0.262. The van der Waals surface area contributed by atoms with Gasteiger partial charge in [0.2, 0.25) is 0 Å². The molecule has 0 spiro atoms. The Morgan fingerprint density at radius 2 is 1.65 bits per heavy atom. The molecule has 4 aliphatic rings. The van der Waals surface area contributed by atoms with Crippen LogP contribution < -0.4 is 0 Å². The normalized spacial score (nSPS) is 44.1. The molecule has 1 N–H and O–H groups in total. The zero-order chi connectivity index (χ0) is 12.0. The fraction of sp³-hybridized carbons (Fsp3) is 0.800. The van der Waals surface area contributed by atoms with Crippen molar-refractivity contribution in [1.82, 2.24) is 0 Å². The summed E-state index contributed by atoms with van der Waals surface area (Å²) in [7, 11) is 0. The minimum Gasteiger partial charge on any atom is -0.478 e. The maximum atomic E-state index is 11.2. The Bertz CT molecular complexity index is 332. The Labute approximate surface area is 103 Å². The predicted octanol–water partition coefficient (Wildman–Crippen LogP) is 3.62. The van der Waals surface area contributed by atoms with Crippen LogP contribution >= 0.6 is 0 Å². The summed E-state index contributed by atoms with van der Waals surface area (Å²) in [5.41, 5.74) is 0.908. The standard InChI is InChI=1S/C15H22O2/c1-2-13(14(16)17)9-15-6-10-3-11(7-15)5-12(4-10)8-15/h9-12H,2-8H2,1H3,(H,16,17)/b13-9-. The first-order chi connectivity index (χ1) is 8.10. The molecule has 0 atom stereocenters. The smallest absolute Gasteiger partial charge is 0.331 e. The van der Waals surface area contributed by atoms with Crippen LogP contribution in [0, 0.1) is 23.2 Å². The van der Waals surface area contributed by atoms with Crippen LogP contribution in [0.4, 0.5) is 0 Å². The van der Waals surface area contributed by atoms with E-state index >= 15 is 0 Å². The van der Waals surface area contributed by atoms with Gasteiger partial charge in [-0.05, 0) is 68.1 Å². The van der Waals surface area contributed by atoms with Crippen molar-refractivity contribution >= 4 is 5.97 Å². The first-order valence-corrected chi connectivity index (χ1v) is 7.05. The molecule has 4 fully saturated rings. The Kier molecular flexibility index (Phi) is 2.57. The lowest BCUT2D eigenvalue weighted by atomic mass is 9.49. The molecule has 0 aromatic carbocycles. The van der Waals surface area contributed by atoms with Gasteiger partial charge in [0, 0.05) is 5.57 Å². The molecule has 4 saturated carbocycles. The summed E-state index contributed by atoms with van der Waals surface area (Å²) < 4.78 is 0. The number of carboxylic acid groups (broad SMARTS) is 1. The lowest BCUT2D eigenvalue weighted by Gasteiger charge is -2.56. The highest BCUT2D eigenvalue weighted by molar-refractivity contribution is 5.86.